The summed E-state index contributed by atoms with van der Waals surface area (Å²) in [7, 11) is 4.10. The number of rotatable bonds is 6. The molecule has 1 aromatic rings. The van der Waals surface area contributed by atoms with Crippen LogP contribution in [0.5, 0.6) is 0 Å². The van der Waals surface area contributed by atoms with Crippen LogP contribution in [0.25, 0.3) is 0 Å². The zero-order valence-corrected chi connectivity index (χ0v) is 17.2. The minimum Gasteiger partial charge on any atom is -0.356 e. The summed E-state index contributed by atoms with van der Waals surface area (Å²) in [6.45, 7) is 7.75. The molecule has 0 radical (unpaired) electrons. The lowest BCUT2D eigenvalue weighted by molar-refractivity contribution is 0.279. The molecule has 0 amide bonds. The second kappa shape index (κ2) is 10.1. The number of hydrogen-bond donors (Lipinski definition) is 2. The highest BCUT2D eigenvalue weighted by atomic mass is 15.2. The van der Waals surface area contributed by atoms with Crippen LogP contribution in [0.15, 0.2) is 35.3 Å². The van der Waals surface area contributed by atoms with Gasteiger partial charge < -0.3 is 20.4 Å². The molecular formula is C22H37N5. The van der Waals surface area contributed by atoms with Crippen LogP contribution in [0.1, 0.15) is 37.7 Å². The Balaban J connectivity index is 1.47. The van der Waals surface area contributed by atoms with Gasteiger partial charge in [0.1, 0.15) is 0 Å². The van der Waals surface area contributed by atoms with Crippen molar-refractivity contribution in [2.75, 3.05) is 59.9 Å². The Kier molecular flexibility index (Phi) is 7.53. The van der Waals surface area contributed by atoms with Gasteiger partial charge >= 0.3 is 0 Å². The average Bonchev–Trinajstić information content (AvgIpc) is 3.09. The molecule has 2 fully saturated rings. The van der Waals surface area contributed by atoms with E-state index >= 15 is 0 Å². The molecule has 1 aromatic carbocycles. The quantitative estimate of drug-likeness (QED) is 0.595. The van der Waals surface area contributed by atoms with E-state index in [1.807, 2.05) is 7.05 Å². The standard InChI is InChI=1S/C22H37N5/c1-23-21(24-13-16-27-15-8-14-26(2)17-18-27)25-19-22(11-6-7-12-22)20-9-4-3-5-10-20/h3-5,9-10H,6-8,11-19H2,1-2H3,(H2,23,24,25). The first-order valence-electron chi connectivity index (χ1n) is 10.6. The highest BCUT2D eigenvalue weighted by molar-refractivity contribution is 5.79. The molecule has 5 nitrogen and oxygen atoms in total. The Hall–Kier alpha value is -1.59. The number of aliphatic imine (C=N–C) groups is 1. The lowest BCUT2D eigenvalue weighted by Crippen LogP contribution is -2.46. The van der Waals surface area contributed by atoms with E-state index < -0.39 is 0 Å². The molecule has 150 valence electrons. The summed E-state index contributed by atoms with van der Waals surface area (Å²) in [4.78, 5) is 9.45. The molecule has 1 saturated carbocycles. The Bertz CT molecular complexity index is 580. The second-order valence-corrected chi connectivity index (χ2v) is 8.20. The molecule has 0 bridgehead atoms. The van der Waals surface area contributed by atoms with Crippen molar-refractivity contribution < 1.29 is 0 Å². The van der Waals surface area contributed by atoms with Crippen molar-refractivity contribution in [3.05, 3.63) is 35.9 Å². The van der Waals surface area contributed by atoms with E-state index in [4.69, 9.17) is 0 Å². The zero-order chi connectivity index (χ0) is 19.0. The van der Waals surface area contributed by atoms with Gasteiger partial charge in [0.25, 0.3) is 0 Å². The topological polar surface area (TPSA) is 42.9 Å². The fourth-order valence-electron chi connectivity index (χ4n) is 4.54. The van der Waals surface area contributed by atoms with Crippen LogP contribution < -0.4 is 10.6 Å². The molecule has 2 N–H and O–H groups in total. The van der Waals surface area contributed by atoms with Crippen molar-refractivity contribution in [3.8, 4) is 0 Å². The first kappa shape index (κ1) is 20.2. The molecular weight excluding hydrogens is 334 g/mol. The highest BCUT2D eigenvalue weighted by Crippen LogP contribution is 2.40. The van der Waals surface area contributed by atoms with Gasteiger partial charge in [-0.15, -0.1) is 0 Å². The van der Waals surface area contributed by atoms with Crippen LogP contribution in [-0.2, 0) is 5.41 Å². The summed E-state index contributed by atoms with van der Waals surface area (Å²) in [5, 5.41) is 7.14. The number of nitrogens with one attached hydrogen (secondary N) is 2. The molecule has 27 heavy (non-hydrogen) atoms. The van der Waals surface area contributed by atoms with Gasteiger partial charge in [0.15, 0.2) is 5.96 Å². The molecule has 1 aliphatic heterocycles. The van der Waals surface area contributed by atoms with Crippen LogP contribution in [0.4, 0.5) is 0 Å². The number of guanidine groups is 1. The van der Waals surface area contributed by atoms with E-state index in [2.05, 4.69) is 62.8 Å². The lowest BCUT2D eigenvalue weighted by Gasteiger charge is -2.31. The minimum atomic E-state index is 0.258. The van der Waals surface area contributed by atoms with Gasteiger partial charge in [-0.05, 0) is 45.0 Å². The fraction of sp³-hybridized carbons (Fsp3) is 0.682. The van der Waals surface area contributed by atoms with Crippen molar-refractivity contribution in [2.45, 2.75) is 37.5 Å². The van der Waals surface area contributed by atoms with Crippen molar-refractivity contribution in [2.24, 2.45) is 4.99 Å². The summed E-state index contributed by atoms with van der Waals surface area (Å²) in [5.41, 5.74) is 1.73. The van der Waals surface area contributed by atoms with E-state index in [1.54, 1.807) is 0 Å². The average molecular weight is 372 g/mol. The zero-order valence-electron chi connectivity index (χ0n) is 17.2. The monoisotopic (exact) mass is 371 g/mol. The van der Waals surface area contributed by atoms with Gasteiger partial charge in [-0.25, -0.2) is 0 Å². The van der Waals surface area contributed by atoms with E-state index in [9.17, 15) is 0 Å². The molecule has 0 spiro atoms. The smallest absolute Gasteiger partial charge is 0.191 e. The Labute approximate surface area is 165 Å². The van der Waals surface area contributed by atoms with E-state index in [-0.39, 0.29) is 5.41 Å². The third-order valence-corrected chi connectivity index (χ3v) is 6.30. The van der Waals surface area contributed by atoms with E-state index in [0.717, 1.165) is 25.6 Å². The third-order valence-electron chi connectivity index (χ3n) is 6.30. The highest BCUT2D eigenvalue weighted by Gasteiger charge is 2.35. The van der Waals surface area contributed by atoms with Crippen molar-refractivity contribution >= 4 is 5.96 Å². The van der Waals surface area contributed by atoms with Gasteiger partial charge in [-0.2, -0.15) is 0 Å². The van der Waals surface area contributed by atoms with Gasteiger partial charge in [-0.1, -0.05) is 43.2 Å². The summed E-state index contributed by atoms with van der Waals surface area (Å²) in [6, 6.07) is 11.0. The molecule has 3 rings (SSSR count). The van der Waals surface area contributed by atoms with Gasteiger partial charge in [-0.3, -0.25) is 4.99 Å². The van der Waals surface area contributed by atoms with Crippen molar-refractivity contribution in [1.29, 1.82) is 0 Å². The van der Waals surface area contributed by atoms with Crippen LogP contribution in [-0.4, -0.2) is 75.7 Å². The number of likely N-dealkylation sites (N-methyl/N-ethyl adjacent to an activating group) is 1. The molecule has 2 aliphatic rings. The Morgan fingerprint density at radius 2 is 1.78 bits per heavy atom. The summed E-state index contributed by atoms with van der Waals surface area (Å²) in [5.74, 6) is 0.934. The molecule has 1 aliphatic carbocycles. The predicted octanol–water partition coefficient (Wildman–Crippen LogP) is 2.30. The van der Waals surface area contributed by atoms with E-state index in [1.165, 1.54) is 63.8 Å². The fourth-order valence-corrected chi connectivity index (χ4v) is 4.54. The van der Waals surface area contributed by atoms with Crippen molar-refractivity contribution in [1.82, 2.24) is 20.4 Å². The first-order valence-corrected chi connectivity index (χ1v) is 10.6. The molecule has 0 atom stereocenters. The van der Waals surface area contributed by atoms with Gasteiger partial charge in [0.2, 0.25) is 0 Å². The lowest BCUT2D eigenvalue weighted by atomic mass is 9.79. The van der Waals surface area contributed by atoms with Crippen LogP contribution >= 0.6 is 0 Å². The normalized spacial score (nSPS) is 21.8. The number of hydrogen-bond acceptors (Lipinski definition) is 3. The largest absolute Gasteiger partial charge is 0.356 e. The van der Waals surface area contributed by atoms with Crippen LogP contribution in [0.3, 0.4) is 0 Å². The second-order valence-electron chi connectivity index (χ2n) is 8.20. The molecule has 1 heterocycles. The molecule has 5 heteroatoms. The molecule has 0 aromatic heterocycles. The van der Waals surface area contributed by atoms with Crippen LogP contribution in [0.2, 0.25) is 0 Å². The Morgan fingerprint density at radius 1 is 1.00 bits per heavy atom. The molecule has 0 unspecified atom stereocenters. The summed E-state index contributed by atoms with van der Waals surface area (Å²) in [6.07, 6.45) is 6.45. The van der Waals surface area contributed by atoms with Gasteiger partial charge in [0, 0.05) is 45.2 Å². The maximum atomic E-state index is 4.45. The molecule has 1 saturated heterocycles. The number of benzene rings is 1. The summed E-state index contributed by atoms with van der Waals surface area (Å²) >= 11 is 0. The summed E-state index contributed by atoms with van der Waals surface area (Å²) < 4.78 is 0. The maximum absolute atomic E-state index is 4.45. The maximum Gasteiger partial charge on any atom is 0.191 e. The first-order chi connectivity index (χ1) is 13.2. The number of nitrogens with zero attached hydrogens (tertiary/aromatic N) is 3. The Morgan fingerprint density at radius 3 is 2.52 bits per heavy atom. The minimum absolute atomic E-state index is 0.258. The predicted molar refractivity (Wildman–Crippen MR) is 115 cm³/mol. The van der Waals surface area contributed by atoms with E-state index in [0.29, 0.717) is 0 Å². The third kappa shape index (κ3) is 5.69. The van der Waals surface area contributed by atoms with Gasteiger partial charge in [0.05, 0.1) is 0 Å². The van der Waals surface area contributed by atoms with Crippen LogP contribution in [0, 0.1) is 0 Å². The van der Waals surface area contributed by atoms with Crippen molar-refractivity contribution in [3.63, 3.8) is 0 Å². The SMILES string of the molecule is CN=C(NCCN1CCCN(C)CC1)NCC1(c2ccccc2)CCCC1.